The molecule has 0 unspecified atom stereocenters. The van der Waals surface area contributed by atoms with Crippen molar-refractivity contribution in [1.29, 1.82) is 0 Å². The van der Waals surface area contributed by atoms with Crippen LogP contribution in [-0.4, -0.2) is 39.1 Å². The fourth-order valence-electron chi connectivity index (χ4n) is 3.29. The van der Waals surface area contributed by atoms with Crippen molar-refractivity contribution < 1.29 is 13.2 Å². The van der Waals surface area contributed by atoms with Crippen molar-refractivity contribution in [2.75, 3.05) is 24.2 Å². The van der Waals surface area contributed by atoms with Crippen molar-refractivity contribution >= 4 is 45.0 Å². The largest absolute Gasteiger partial charge is 0.337 e. The number of halogens is 1. The number of thioether (sulfide) groups is 1. The molecule has 168 valence electrons. The van der Waals surface area contributed by atoms with E-state index in [-0.39, 0.29) is 17.3 Å². The molecule has 0 bridgehead atoms. The van der Waals surface area contributed by atoms with Crippen molar-refractivity contribution in [3.05, 3.63) is 88.9 Å². The van der Waals surface area contributed by atoms with E-state index in [2.05, 4.69) is 0 Å². The molecule has 0 saturated carbocycles. The maximum Gasteiger partial charge on any atom is 0.264 e. The number of nitrogens with zero attached hydrogens (tertiary/aromatic N) is 2. The number of rotatable bonds is 8. The molecular formula is C24H25ClN2O3S2. The SMILES string of the molecule is CCN(c1ccc(C(=O)N(C)Cc2ccc(Cl)cc2)cc1)S(=O)(=O)c1ccc(SC)cc1. The van der Waals surface area contributed by atoms with Crippen molar-refractivity contribution in [2.24, 2.45) is 0 Å². The summed E-state index contributed by atoms with van der Waals surface area (Å²) in [6.07, 6.45) is 1.94. The highest BCUT2D eigenvalue weighted by Gasteiger charge is 2.24. The first-order valence-corrected chi connectivity index (χ1v) is 13.1. The molecular weight excluding hydrogens is 464 g/mol. The van der Waals surface area contributed by atoms with Gasteiger partial charge in [0.25, 0.3) is 15.9 Å². The molecule has 3 aromatic carbocycles. The first-order valence-electron chi connectivity index (χ1n) is 10.0. The molecule has 5 nitrogen and oxygen atoms in total. The Morgan fingerprint density at radius 2 is 1.53 bits per heavy atom. The molecule has 0 heterocycles. The van der Waals surface area contributed by atoms with Crippen molar-refractivity contribution in [2.45, 2.75) is 23.3 Å². The summed E-state index contributed by atoms with van der Waals surface area (Å²) >= 11 is 7.47. The molecule has 3 rings (SSSR count). The minimum Gasteiger partial charge on any atom is -0.337 e. The molecule has 8 heteroatoms. The molecule has 0 atom stereocenters. The highest BCUT2D eigenvalue weighted by atomic mass is 35.5. The van der Waals surface area contributed by atoms with Gasteiger partial charge in [-0.1, -0.05) is 23.7 Å². The lowest BCUT2D eigenvalue weighted by Crippen LogP contribution is -2.31. The average Bonchev–Trinajstić information content (AvgIpc) is 2.81. The standard InChI is InChI=1S/C24H25ClN2O3S2/c1-4-27(32(29,30)23-15-13-22(31-3)14-16-23)21-11-7-19(8-12-21)24(28)26(2)17-18-5-9-20(25)10-6-18/h5-16H,4,17H2,1-3H3. The second-order valence-corrected chi connectivity index (χ2v) is 10.4. The molecule has 0 aromatic heterocycles. The molecule has 0 radical (unpaired) electrons. The van der Waals surface area contributed by atoms with E-state index in [1.54, 1.807) is 91.3 Å². The quantitative estimate of drug-likeness (QED) is 0.390. The maximum absolute atomic E-state index is 13.2. The predicted molar refractivity (Wildman–Crippen MR) is 132 cm³/mol. The zero-order valence-electron chi connectivity index (χ0n) is 18.2. The second kappa shape index (κ2) is 10.4. The topological polar surface area (TPSA) is 57.7 Å². The monoisotopic (exact) mass is 488 g/mol. The molecule has 0 aliphatic heterocycles. The number of carbonyl (C=O) groups is 1. The minimum absolute atomic E-state index is 0.148. The van der Waals surface area contributed by atoms with Crippen LogP contribution in [0.15, 0.2) is 82.6 Å². The minimum atomic E-state index is -3.70. The van der Waals surface area contributed by atoms with Gasteiger partial charge in [0.15, 0.2) is 0 Å². The van der Waals surface area contributed by atoms with Crippen LogP contribution in [-0.2, 0) is 16.6 Å². The summed E-state index contributed by atoms with van der Waals surface area (Å²) in [6.45, 7) is 2.50. The van der Waals surface area contributed by atoms with Crippen molar-refractivity contribution in [3.8, 4) is 0 Å². The van der Waals surface area contributed by atoms with Gasteiger partial charge in [0.2, 0.25) is 0 Å². The fraction of sp³-hybridized carbons (Fsp3) is 0.208. The molecule has 0 fully saturated rings. The summed E-state index contributed by atoms with van der Waals surface area (Å²) < 4.78 is 27.6. The van der Waals surface area contributed by atoms with Crippen LogP contribution in [0.2, 0.25) is 5.02 Å². The molecule has 32 heavy (non-hydrogen) atoms. The van der Waals surface area contributed by atoms with Crippen molar-refractivity contribution in [1.82, 2.24) is 4.90 Å². The predicted octanol–water partition coefficient (Wildman–Crippen LogP) is 5.55. The third kappa shape index (κ3) is 5.46. The third-order valence-electron chi connectivity index (χ3n) is 5.02. The van der Waals surface area contributed by atoms with Gasteiger partial charge in [-0.25, -0.2) is 8.42 Å². The zero-order chi connectivity index (χ0) is 23.3. The van der Waals surface area contributed by atoms with E-state index in [1.807, 2.05) is 18.4 Å². The van der Waals surface area contributed by atoms with E-state index in [1.165, 1.54) is 4.31 Å². The Morgan fingerprint density at radius 3 is 2.06 bits per heavy atom. The van der Waals surface area contributed by atoms with Crippen LogP contribution in [0, 0.1) is 0 Å². The lowest BCUT2D eigenvalue weighted by molar-refractivity contribution is 0.0785. The first kappa shape index (κ1) is 24.2. The Morgan fingerprint density at radius 1 is 0.938 bits per heavy atom. The van der Waals surface area contributed by atoms with Gasteiger partial charge in [0, 0.05) is 35.6 Å². The van der Waals surface area contributed by atoms with Crippen LogP contribution in [0.4, 0.5) is 5.69 Å². The van der Waals surface area contributed by atoms with Crippen molar-refractivity contribution in [3.63, 3.8) is 0 Å². The Hall–Kier alpha value is -2.48. The van der Waals surface area contributed by atoms with Crippen LogP contribution in [0.1, 0.15) is 22.8 Å². The Balaban J connectivity index is 1.77. The molecule has 1 amide bonds. The highest BCUT2D eigenvalue weighted by molar-refractivity contribution is 7.98. The van der Waals surface area contributed by atoms with E-state index < -0.39 is 10.0 Å². The summed E-state index contributed by atoms with van der Waals surface area (Å²) in [7, 11) is -1.98. The summed E-state index contributed by atoms with van der Waals surface area (Å²) in [5, 5.41) is 0.647. The van der Waals surface area contributed by atoms with Crippen LogP contribution >= 0.6 is 23.4 Å². The fourth-order valence-corrected chi connectivity index (χ4v) is 5.30. The summed E-state index contributed by atoms with van der Waals surface area (Å²) in [4.78, 5) is 15.7. The Kier molecular flexibility index (Phi) is 7.87. The number of benzene rings is 3. The Labute approximate surface area is 199 Å². The van der Waals surface area contributed by atoms with E-state index in [4.69, 9.17) is 11.6 Å². The molecule has 3 aromatic rings. The number of hydrogen-bond donors (Lipinski definition) is 0. The van der Waals surface area contributed by atoms with Crippen LogP contribution in [0.5, 0.6) is 0 Å². The van der Waals surface area contributed by atoms with E-state index >= 15 is 0 Å². The summed E-state index contributed by atoms with van der Waals surface area (Å²) in [5.41, 5.74) is 1.97. The highest BCUT2D eigenvalue weighted by Crippen LogP contribution is 2.26. The number of amides is 1. The van der Waals surface area contributed by atoms with Gasteiger partial charge < -0.3 is 4.90 Å². The molecule has 0 aliphatic rings. The lowest BCUT2D eigenvalue weighted by atomic mass is 10.1. The Bertz CT molecular complexity index is 1160. The number of hydrogen-bond acceptors (Lipinski definition) is 4. The average molecular weight is 489 g/mol. The smallest absolute Gasteiger partial charge is 0.264 e. The first-order chi connectivity index (χ1) is 15.3. The molecule has 0 spiro atoms. The number of sulfonamides is 1. The van der Waals surface area contributed by atoms with Gasteiger partial charge >= 0.3 is 0 Å². The molecule has 0 N–H and O–H groups in total. The maximum atomic E-state index is 13.2. The molecule has 0 saturated heterocycles. The van der Waals surface area contributed by atoms with E-state index in [0.29, 0.717) is 22.8 Å². The second-order valence-electron chi connectivity index (χ2n) is 7.18. The van der Waals surface area contributed by atoms with Crippen LogP contribution in [0.25, 0.3) is 0 Å². The van der Waals surface area contributed by atoms with Gasteiger partial charge in [-0.05, 0) is 79.4 Å². The zero-order valence-corrected chi connectivity index (χ0v) is 20.5. The number of anilines is 1. The van der Waals surface area contributed by atoms with Crippen LogP contribution < -0.4 is 4.31 Å². The third-order valence-corrected chi connectivity index (χ3v) is 7.93. The van der Waals surface area contributed by atoms with E-state index in [0.717, 1.165) is 10.5 Å². The summed E-state index contributed by atoms with van der Waals surface area (Å²) in [6, 6.07) is 20.8. The van der Waals surface area contributed by atoms with Crippen LogP contribution in [0.3, 0.4) is 0 Å². The lowest BCUT2D eigenvalue weighted by Gasteiger charge is -2.23. The number of carbonyl (C=O) groups excluding carboxylic acids is 1. The molecule has 0 aliphatic carbocycles. The van der Waals surface area contributed by atoms with Gasteiger partial charge in [0.1, 0.15) is 0 Å². The van der Waals surface area contributed by atoms with Gasteiger partial charge in [0.05, 0.1) is 10.6 Å². The normalized spacial score (nSPS) is 11.2. The summed E-state index contributed by atoms with van der Waals surface area (Å²) in [5.74, 6) is -0.148. The van der Waals surface area contributed by atoms with Gasteiger partial charge in [-0.15, -0.1) is 11.8 Å². The van der Waals surface area contributed by atoms with Gasteiger partial charge in [-0.2, -0.15) is 0 Å². The van der Waals surface area contributed by atoms with Gasteiger partial charge in [-0.3, -0.25) is 9.10 Å². The van der Waals surface area contributed by atoms with E-state index in [9.17, 15) is 13.2 Å².